The molecular weight excluding hydrogens is 304 g/mol. The van der Waals surface area contributed by atoms with Gasteiger partial charge in [-0.25, -0.2) is 0 Å². The van der Waals surface area contributed by atoms with E-state index in [1.165, 1.54) is 43.2 Å². The Balaban J connectivity index is 0.000000528. The summed E-state index contributed by atoms with van der Waals surface area (Å²) >= 11 is 0. The Hall–Kier alpha value is -1.24. The Bertz CT molecular complexity index is 575. The molecule has 0 aliphatic heterocycles. The molecule has 4 rings (SSSR count). The van der Waals surface area contributed by atoms with Gasteiger partial charge in [0.25, 0.3) is 0 Å². The van der Waals surface area contributed by atoms with Crippen molar-refractivity contribution in [1.29, 1.82) is 0 Å². The van der Waals surface area contributed by atoms with Gasteiger partial charge in [0.15, 0.2) is 0 Å². The Kier molecular flexibility index (Phi) is 6.77. The van der Waals surface area contributed by atoms with Crippen molar-refractivity contribution in [3.8, 4) is 5.75 Å². The van der Waals surface area contributed by atoms with Crippen LogP contribution in [0.25, 0.3) is 0 Å². The van der Waals surface area contributed by atoms with E-state index in [9.17, 15) is 5.11 Å². The smallest absolute Gasteiger partial charge is 0.115 e. The summed E-state index contributed by atoms with van der Waals surface area (Å²) in [6, 6.07) is 6.08. The summed E-state index contributed by atoms with van der Waals surface area (Å²) < 4.78 is 0. The van der Waals surface area contributed by atoms with Crippen LogP contribution >= 0.6 is 0 Å². The van der Waals surface area contributed by atoms with E-state index in [0.29, 0.717) is 11.2 Å². The van der Waals surface area contributed by atoms with E-state index in [2.05, 4.69) is 25.6 Å². The van der Waals surface area contributed by atoms with Gasteiger partial charge in [-0.15, -0.1) is 6.58 Å². The van der Waals surface area contributed by atoms with Gasteiger partial charge in [-0.2, -0.15) is 0 Å². The highest BCUT2D eigenvalue weighted by Gasteiger charge is 2.53. The maximum atomic E-state index is 9.73. The summed E-state index contributed by atoms with van der Waals surface area (Å²) in [7, 11) is 0. The second-order valence-corrected chi connectivity index (χ2v) is 7.76. The minimum Gasteiger partial charge on any atom is -0.508 e. The van der Waals surface area contributed by atoms with E-state index in [1.807, 2.05) is 39.8 Å². The largest absolute Gasteiger partial charge is 0.508 e. The van der Waals surface area contributed by atoms with Crippen molar-refractivity contribution < 1.29 is 5.11 Å². The number of aryl methyl sites for hydroxylation is 1. The Labute approximate surface area is 155 Å². The van der Waals surface area contributed by atoms with Gasteiger partial charge in [0, 0.05) is 0 Å². The molecule has 140 valence electrons. The lowest BCUT2D eigenvalue weighted by Crippen LogP contribution is -2.41. The summed E-state index contributed by atoms with van der Waals surface area (Å²) in [5.74, 6) is 3.62. The van der Waals surface area contributed by atoms with Gasteiger partial charge in [0.05, 0.1) is 0 Å². The second kappa shape index (κ2) is 8.43. The maximum absolute atomic E-state index is 9.73. The highest BCUT2D eigenvalue weighted by atomic mass is 16.3. The molecule has 0 bridgehead atoms. The Morgan fingerprint density at radius 1 is 1.08 bits per heavy atom. The molecule has 1 nitrogen and oxygen atoms in total. The van der Waals surface area contributed by atoms with Crippen LogP contribution in [0, 0.1) is 23.2 Å². The molecule has 2 saturated carbocycles. The SMILES string of the molecule is C=CC1CCC2C3CCc4cc(O)ccc4C3CCC12C.CC.CC. The third-order valence-electron chi connectivity index (χ3n) is 7.07. The molecule has 0 radical (unpaired) electrons. The van der Waals surface area contributed by atoms with Gasteiger partial charge in [0.2, 0.25) is 0 Å². The standard InChI is InChI=1S/C20H26O.2C2H6/c1-3-14-5-9-19-18-7-4-13-12-15(21)6-8-16(13)17(18)10-11-20(14,19)2;2*1-2/h3,6,8,12,14,17-19,21H,1,4-5,7,9-11H2,2H3;2*1-2H3. The molecule has 0 spiro atoms. The van der Waals surface area contributed by atoms with Crippen LogP contribution in [0.1, 0.15) is 83.8 Å². The molecule has 0 saturated heterocycles. The fraction of sp³-hybridized carbons (Fsp3) is 0.667. The zero-order valence-electron chi connectivity index (χ0n) is 17.0. The fourth-order valence-electron chi connectivity index (χ4n) is 6.00. The van der Waals surface area contributed by atoms with Gasteiger partial charge in [-0.1, -0.05) is 46.8 Å². The number of hydrogen-bond acceptors (Lipinski definition) is 1. The minimum atomic E-state index is 0.431. The summed E-state index contributed by atoms with van der Waals surface area (Å²) in [5.41, 5.74) is 3.43. The van der Waals surface area contributed by atoms with Crippen molar-refractivity contribution >= 4 is 0 Å². The minimum absolute atomic E-state index is 0.431. The quantitative estimate of drug-likeness (QED) is 0.539. The van der Waals surface area contributed by atoms with Crippen molar-refractivity contribution in [2.75, 3.05) is 0 Å². The Morgan fingerprint density at radius 3 is 2.48 bits per heavy atom. The van der Waals surface area contributed by atoms with Crippen LogP contribution in [0.15, 0.2) is 30.9 Å². The van der Waals surface area contributed by atoms with Crippen molar-refractivity contribution in [3.05, 3.63) is 42.0 Å². The molecule has 1 heteroatoms. The third-order valence-corrected chi connectivity index (χ3v) is 7.07. The summed E-state index contributed by atoms with van der Waals surface area (Å²) in [6.45, 7) is 14.6. The molecule has 1 aromatic rings. The number of fused-ring (bicyclic) bond motifs is 5. The number of phenols is 1. The van der Waals surface area contributed by atoms with Crippen LogP contribution in [0.2, 0.25) is 0 Å². The average Bonchev–Trinajstić information content (AvgIpc) is 3.01. The highest BCUT2D eigenvalue weighted by Crippen LogP contribution is 2.63. The maximum Gasteiger partial charge on any atom is 0.115 e. The van der Waals surface area contributed by atoms with E-state index in [1.54, 1.807) is 0 Å². The number of allylic oxidation sites excluding steroid dienone is 1. The molecule has 1 aromatic carbocycles. The molecule has 2 fully saturated rings. The van der Waals surface area contributed by atoms with Crippen LogP contribution < -0.4 is 0 Å². The van der Waals surface area contributed by atoms with Crippen LogP contribution in [0.4, 0.5) is 0 Å². The van der Waals surface area contributed by atoms with Crippen molar-refractivity contribution in [2.45, 2.75) is 79.1 Å². The van der Waals surface area contributed by atoms with Crippen LogP contribution in [0.3, 0.4) is 0 Å². The summed E-state index contributed by atoms with van der Waals surface area (Å²) in [4.78, 5) is 0. The van der Waals surface area contributed by atoms with Gasteiger partial charge >= 0.3 is 0 Å². The molecule has 0 aromatic heterocycles. The number of benzene rings is 1. The van der Waals surface area contributed by atoms with Gasteiger partial charge < -0.3 is 5.11 Å². The highest BCUT2D eigenvalue weighted by molar-refractivity contribution is 5.40. The molecule has 1 N–H and O–H groups in total. The van der Waals surface area contributed by atoms with E-state index in [0.717, 1.165) is 30.1 Å². The van der Waals surface area contributed by atoms with E-state index >= 15 is 0 Å². The average molecular weight is 343 g/mol. The lowest BCUT2D eigenvalue weighted by atomic mass is 9.54. The first-order valence-electron chi connectivity index (χ1n) is 10.6. The van der Waals surface area contributed by atoms with E-state index in [-0.39, 0.29) is 0 Å². The topological polar surface area (TPSA) is 20.2 Å². The lowest BCUT2D eigenvalue weighted by Gasteiger charge is -2.50. The van der Waals surface area contributed by atoms with E-state index < -0.39 is 0 Å². The molecule has 5 atom stereocenters. The van der Waals surface area contributed by atoms with Crippen LogP contribution in [-0.2, 0) is 6.42 Å². The van der Waals surface area contributed by atoms with Gasteiger partial charge in [-0.05, 0) is 90.9 Å². The normalized spacial score (nSPS) is 34.9. The Morgan fingerprint density at radius 2 is 1.80 bits per heavy atom. The molecule has 3 aliphatic carbocycles. The van der Waals surface area contributed by atoms with Crippen LogP contribution in [0.5, 0.6) is 5.75 Å². The van der Waals surface area contributed by atoms with Gasteiger partial charge in [0.1, 0.15) is 5.75 Å². The first-order valence-corrected chi connectivity index (χ1v) is 10.6. The fourth-order valence-corrected chi connectivity index (χ4v) is 6.00. The van der Waals surface area contributed by atoms with E-state index in [4.69, 9.17) is 0 Å². The second-order valence-electron chi connectivity index (χ2n) is 7.76. The zero-order valence-corrected chi connectivity index (χ0v) is 17.0. The molecule has 5 unspecified atom stereocenters. The molecule has 0 amide bonds. The van der Waals surface area contributed by atoms with Gasteiger partial charge in [-0.3, -0.25) is 0 Å². The number of rotatable bonds is 1. The zero-order chi connectivity index (χ0) is 18.6. The lowest BCUT2D eigenvalue weighted by molar-refractivity contribution is 0.0410. The molecule has 3 aliphatic rings. The first kappa shape index (κ1) is 20.1. The number of phenolic OH excluding ortho intramolecular Hbond substituents is 1. The molecule has 0 heterocycles. The van der Waals surface area contributed by atoms with Crippen molar-refractivity contribution in [2.24, 2.45) is 23.2 Å². The molecule has 25 heavy (non-hydrogen) atoms. The predicted octanol–water partition coefficient (Wildman–Crippen LogP) is 7.10. The number of aromatic hydroxyl groups is 1. The summed E-state index contributed by atoms with van der Waals surface area (Å²) in [5, 5.41) is 9.73. The van der Waals surface area contributed by atoms with Crippen molar-refractivity contribution in [3.63, 3.8) is 0 Å². The summed E-state index contributed by atoms with van der Waals surface area (Å²) in [6.07, 6.45) is 10.1. The first-order chi connectivity index (χ1) is 12.1. The van der Waals surface area contributed by atoms with Crippen LogP contribution in [-0.4, -0.2) is 5.11 Å². The monoisotopic (exact) mass is 342 g/mol. The van der Waals surface area contributed by atoms with Crippen molar-refractivity contribution in [1.82, 2.24) is 0 Å². The number of hydrogen-bond donors (Lipinski definition) is 1. The third kappa shape index (κ3) is 3.39. The predicted molar refractivity (Wildman–Crippen MR) is 109 cm³/mol. The molecular formula is C24H38O.